The molecule has 2 rings (SSSR count). The lowest BCUT2D eigenvalue weighted by atomic mass is 10.1. The van der Waals surface area contributed by atoms with Gasteiger partial charge in [-0.05, 0) is 56.7 Å². The van der Waals surface area contributed by atoms with E-state index in [-0.39, 0.29) is 48.7 Å². The Kier molecular flexibility index (Phi) is 10.9. The fourth-order valence-electron chi connectivity index (χ4n) is 2.55. The molecule has 0 fully saturated rings. The summed E-state index contributed by atoms with van der Waals surface area (Å²) >= 11 is 0. The molecular formula is C21H28F2IN3O2. The lowest BCUT2D eigenvalue weighted by Crippen LogP contribution is -2.39. The summed E-state index contributed by atoms with van der Waals surface area (Å²) in [6.45, 7) is 6.53. The number of ether oxygens (including phenoxy) is 1. The van der Waals surface area contributed by atoms with Gasteiger partial charge in [-0.3, -0.25) is 0 Å². The third-order valence-electron chi connectivity index (χ3n) is 3.84. The third kappa shape index (κ3) is 8.53. The van der Waals surface area contributed by atoms with E-state index < -0.39 is 17.7 Å². The quantitative estimate of drug-likeness (QED) is 0.279. The Bertz CT molecular complexity index is 803. The second-order valence-corrected chi connectivity index (χ2v) is 6.57. The van der Waals surface area contributed by atoms with Crippen LogP contribution in [0.3, 0.4) is 0 Å². The molecule has 2 aromatic carbocycles. The summed E-state index contributed by atoms with van der Waals surface area (Å²) in [5.41, 5.74) is 0.869. The van der Waals surface area contributed by atoms with Gasteiger partial charge in [-0.2, -0.15) is 0 Å². The van der Waals surface area contributed by atoms with Gasteiger partial charge in [0.2, 0.25) is 0 Å². The molecule has 0 saturated heterocycles. The first-order chi connectivity index (χ1) is 13.4. The molecule has 0 heterocycles. The molecule has 8 heteroatoms. The fraction of sp³-hybridized carbons (Fsp3) is 0.381. The van der Waals surface area contributed by atoms with Gasteiger partial charge in [-0.1, -0.05) is 12.1 Å². The molecule has 0 aliphatic heterocycles. The monoisotopic (exact) mass is 519 g/mol. The number of aliphatic hydroxyl groups is 1. The maximum atomic E-state index is 13.7. The van der Waals surface area contributed by atoms with Gasteiger partial charge in [-0.25, -0.2) is 13.8 Å². The molecule has 0 amide bonds. The zero-order valence-electron chi connectivity index (χ0n) is 16.8. The van der Waals surface area contributed by atoms with Crippen LogP contribution in [-0.4, -0.2) is 30.3 Å². The lowest BCUT2D eigenvalue weighted by molar-refractivity contribution is 0.179. The van der Waals surface area contributed by atoms with E-state index in [2.05, 4.69) is 15.6 Å². The average Bonchev–Trinajstić information content (AvgIpc) is 2.66. The van der Waals surface area contributed by atoms with Gasteiger partial charge in [0.1, 0.15) is 17.4 Å². The molecule has 0 spiro atoms. The van der Waals surface area contributed by atoms with E-state index in [4.69, 9.17) is 4.74 Å². The Morgan fingerprint density at radius 2 is 1.90 bits per heavy atom. The van der Waals surface area contributed by atoms with Crippen molar-refractivity contribution in [1.29, 1.82) is 0 Å². The van der Waals surface area contributed by atoms with E-state index in [1.165, 1.54) is 0 Å². The summed E-state index contributed by atoms with van der Waals surface area (Å²) in [7, 11) is 0. The smallest absolute Gasteiger partial charge is 0.191 e. The minimum atomic E-state index is -0.787. The molecular weight excluding hydrogens is 491 g/mol. The van der Waals surface area contributed by atoms with E-state index in [0.29, 0.717) is 23.8 Å². The lowest BCUT2D eigenvalue weighted by Gasteiger charge is -2.17. The second-order valence-electron chi connectivity index (χ2n) is 6.57. The van der Waals surface area contributed by atoms with Gasteiger partial charge in [0, 0.05) is 18.7 Å². The van der Waals surface area contributed by atoms with Crippen molar-refractivity contribution in [2.24, 2.45) is 4.99 Å². The SMILES string of the molecule is CCNC(=NCc1cc(F)ccc1F)NCC(O)c1cccc(OC(C)C)c1.I. The Morgan fingerprint density at radius 1 is 1.14 bits per heavy atom. The van der Waals surface area contributed by atoms with E-state index in [0.717, 1.165) is 18.2 Å². The molecule has 5 nitrogen and oxygen atoms in total. The maximum absolute atomic E-state index is 13.7. The van der Waals surface area contributed by atoms with Crippen LogP contribution in [0.2, 0.25) is 0 Å². The third-order valence-corrected chi connectivity index (χ3v) is 3.84. The van der Waals surface area contributed by atoms with Crippen molar-refractivity contribution in [3.63, 3.8) is 0 Å². The zero-order chi connectivity index (χ0) is 20.5. The van der Waals surface area contributed by atoms with Gasteiger partial charge in [0.15, 0.2) is 5.96 Å². The number of guanidine groups is 1. The van der Waals surface area contributed by atoms with Crippen molar-refractivity contribution in [2.45, 2.75) is 39.5 Å². The summed E-state index contributed by atoms with van der Waals surface area (Å²) in [4.78, 5) is 4.26. The Labute approximate surface area is 187 Å². The molecule has 1 unspecified atom stereocenters. The summed E-state index contributed by atoms with van der Waals surface area (Å²) in [5.74, 6) is 0.0694. The van der Waals surface area contributed by atoms with Crippen LogP contribution in [0.25, 0.3) is 0 Å². The van der Waals surface area contributed by atoms with Crippen molar-refractivity contribution < 1.29 is 18.6 Å². The van der Waals surface area contributed by atoms with Crippen molar-refractivity contribution in [1.82, 2.24) is 10.6 Å². The first-order valence-electron chi connectivity index (χ1n) is 9.29. The number of halogens is 3. The standard InChI is InChI=1S/C21H27F2N3O2.HI/c1-4-24-21(25-12-16-10-17(22)8-9-19(16)23)26-13-20(27)15-6-5-7-18(11-15)28-14(2)3;/h5-11,14,20,27H,4,12-13H2,1-3H3,(H2,24,25,26);1H. The van der Waals surface area contributed by atoms with E-state index in [9.17, 15) is 13.9 Å². The fourth-order valence-corrected chi connectivity index (χ4v) is 2.55. The molecule has 0 aliphatic rings. The predicted octanol–water partition coefficient (Wildman–Crippen LogP) is 4.16. The van der Waals surface area contributed by atoms with Crippen LogP contribution in [0.5, 0.6) is 5.75 Å². The highest BCUT2D eigenvalue weighted by molar-refractivity contribution is 14.0. The predicted molar refractivity (Wildman–Crippen MR) is 122 cm³/mol. The highest BCUT2D eigenvalue weighted by atomic mass is 127. The molecule has 0 bridgehead atoms. The second kappa shape index (κ2) is 12.6. The first-order valence-corrected chi connectivity index (χ1v) is 9.29. The van der Waals surface area contributed by atoms with Gasteiger partial charge in [0.25, 0.3) is 0 Å². The number of benzene rings is 2. The van der Waals surface area contributed by atoms with Crippen LogP contribution in [0.15, 0.2) is 47.5 Å². The Morgan fingerprint density at radius 3 is 2.59 bits per heavy atom. The van der Waals surface area contributed by atoms with Crippen LogP contribution in [0, 0.1) is 11.6 Å². The van der Waals surface area contributed by atoms with Crippen LogP contribution in [0.1, 0.15) is 38.0 Å². The molecule has 0 radical (unpaired) electrons. The van der Waals surface area contributed by atoms with Crippen LogP contribution in [0.4, 0.5) is 8.78 Å². The van der Waals surface area contributed by atoms with E-state index in [1.54, 1.807) is 6.07 Å². The minimum absolute atomic E-state index is 0. The molecule has 0 saturated carbocycles. The Hall–Kier alpha value is -1.94. The van der Waals surface area contributed by atoms with E-state index in [1.807, 2.05) is 39.0 Å². The molecule has 3 N–H and O–H groups in total. The maximum Gasteiger partial charge on any atom is 0.191 e. The number of aliphatic imine (C=N–C) groups is 1. The summed E-state index contributed by atoms with van der Waals surface area (Å²) in [6.07, 6.45) is -0.744. The zero-order valence-corrected chi connectivity index (χ0v) is 19.1. The average molecular weight is 519 g/mol. The number of nitrogens with one attached hydrogen (secondary N) is 2. The number of hydrogen-bond donors (Lipinski definition) is 3. The van der Waals surface area contributed by atoms with Crippen molar-refractivity contribution >= 4 is 29.9 Å². The largest absolute Gasteiger partial charge is 0.491 e. The molecule has 0 aromatic heterocycles. The van der Waals surface area contributed by atoms with Crippen LogP contribution < -0.4 is 15.4 Å². The van der Waals surface area contributed by atoms with Crippen molar-refractivity contribution in [3.05, 3.63) is 65.2 Å². The summed E-state index contributed by atoms with van der Waals surface area (Å²) < 4.78 is 32.7. The number of hydrogen-bond acceptors (Lipinski definition) is 3. The molecule has 2 aromatic rings. The normalized spacial score (nSPS) is 12.3. The van der Waals surface area contributed by atoms with Crippen molar-refractivity contribution in [2.75, 3.05) is 13.1 Å². The van der Waals surface area contributed by atoms with Gasteiger partial charge < -0.3 is 20.5 Å². The van der Waals surface area contributed by atoms with Crippen LogP contribution >= 0.6 is 24.0 Å². The Balaban J connectivity index is 0.00000420. The molecule has 29 heavy (non-hydrogen) atoms. The van der Waals surface area contributed by atoms with Gasteiger partial charge >= 0.3 is 0 Å². The topological polar surface area (TPSA) is 65.9 Å². The highest BCUT2D eigenvalue weighted by Gasteiger charge is 2.11. The first kappa shape index (κ1) is 25.1. The number of aliphatic hydroxyl groups excluding tert-OH is 1. The van der Waals surface area contributed by atoms with Gasteiger partial charge in [-0.15, -0.1) is 24.0 Å². The highest BCUT2D eigenvalue weighted by Crippen LogP contribution is 2.20. The number of nitrogens with zero attached hydrogens (tertiary/aromatic N) is 1. The number of rotatable bonds is 8. The van der Waals surface area contributed by atoms with Crippen LogP contribution in [-0.2, 0) is 6.54 Å². The molecule has 1 atom stereocenters. The van der Waals surface area contributed by atoms with E-state index >= 15 is 0 Å². The van der Waals surface area contributed by atoms with Crippen molar-refractivity contribution in [3.8, 4) is 5.75 Å². The summed E-state index contributed by atoms with van der Waals surface area (Å²) in [6, 6.07) is 10.5. The molecule has 0 aliphatic carbocycles. The molecule has 160 valence electrons. The van der Waals surface area contributed by atoms with Gasteiger partial charge in [0.05, 0.1) is 18.8 Å². The summed E-state index contributed by atoms with van der Waals surface area (Å²) in [5, 5.41) is 16.5. The minimum Gasteiger partial charge on any atom is -0.491 e.